The molecule has 2 aromatic rings. The molecule has 1 atom stereocenters. The van der Waals surface area contributed by atoms with Gasteiger partial charge in [-0.25, -0.2) is 8.78 Å². The highest BCUT2D eigenvalue weighted by Crippen LogP contribution is 2.17. The molecule has 0 aromatic heterocycles. The molecule has 112 valence electrons. The quantitative estimate of drug-likeness (QED) is 0.876. The van der Waals surface area contributed by atoms with Crippen LogP contribution in [0.2, 0.25) is 0 Å². The van der Waals surface area contributed by atoms with Gasteiger partial charge in [-0.3, -0.25) is 0 Å². The van der Waals surface area contributed by atoms with E-state index in [2.05, 4.69) is 12.2 Å². The standard InChI is InChI=1S/C17H19F2NO/c1-12(20-2)9-13-3-7-16(8-4-13)21-11-14-5-6-15(18)10-17(14)19/h3-8,10,12,20H,9,11H2,1-2H3. The van der Waals surface area contributed by atoms with Gasteiger partial charge >= 0.3 is 0 Å². The van der Waals surface area contributed by atoms with Gasteiger partial charge in [0.1, 0.15) is 24.0 Å². The summed E-state index contributed by atoms with van der Waals surface area (Å²) in [6.07, 6.45) is 0.934. The summed E-state index contributed by atoms with van der Waals surface area (Å²) >= 11 is 0. The molecular weight excluding hydrogens is 272 g/mol. The second kappa shape index (κ2) is 7.18. The number of likely N-dealkylation sites (N-methyl/N-ethyl adjacent to an activating group) is 1. The summed E-state index contributed by atoms with van der Waals surface area (Å²) in [5.41, 5.74) is 1.54. The van der Waals surface area contributed by atoms with Crippen LogP contribution in [0, 0.1) is 11.6 Å². The second-order valence-electron chi connectivity index (χ2n) is 5.06. The van der Waals surface area contributed by atoms with Gasteiger partial charge in [0.05, 0.1) is 0 Å². The SMILES string of the molecule is CNC(C)Cc1ccc(OCc2ccc(F)cc2F)cc1. The number of nitrogens with one attached hydrogen (secondary N) is 1. The van der Waals surface area contributed by atoms with Crippen LogP contribution in [0.5, 0.6) is 5.75 Å². The first kappa shape index (κ1) is 15.4. The Morgan fingerprint density at radius 2 is 1.81 bits per heavy atom. The van der Waals surface area contributed by atoms with E-state index in [4.69, 9.17) is 4.74 Å². The number of halogens is 2. The van der Waals surface area contributed by atoms with Crippen molar-refractivity contribution in [3.8, 4) is 5.75 Å². The maximum Gasteiger partial charge on any atom is 0.132 e. The largest absolute Gasteiger partial charge is 0.489 e. The van der Waals surface area contributed by atoms with E-state index in [0.717, 1.165) is 12.5 Å². The number of hydrogen-bond acceptors (Lipinski definition) is 2. The molecule has 0 bridgehead atoms. The minimum atomic E-state index is -0.588. The van der Waals surface area contributed by atoms with Crippen molar-refractivity contribution in [3.05, 3.63) is 65.2 Å². The van der Waals surface area contributed by atoms with Crippen LogP contribution in [0.4, 0.5) is 8.78 Å². The van der Waals surface area contributed by atoms with Gasteiger partial charge in [-0.05, 0) is 50.2 Å². The van der Waals surface area contributed by atoms with E-state index in [9.17, 15) is 8.78 Å². The monoisotopic (exact) mass is 291 g/mol. The molecule has 0 fully saturated rings. The lowest BCUT2D eigenvalue weighted by Gasteiger charge is -2.11. The zero-order chi connectivity index (χ0) is 15.2. The predicted octanol–water partition coefficient (Wildman–Crippen LogP) is 3.69. The molecule has 1 N–H and O–H groups in total. The van der Waals surface area contributed by atoms with Crippen LogP contribution >= 0.6 is 0 Å². The topological polar surface area (TPSA) is 21.3 Å². The molecular formula is C17H19F2NO. The number of benzene rings is 2. The number of ether oxygens (including phenoxy) is 1. The highest BCUT2D eigenvalue weighted by molar-refractivity contribution is 5.28. The summed E-state index contributed by atoms with van der Waals surface area (Å²) in [6, 6.07) is 11.6. The van der Waals surface area contributed by atoms with Gasteiger partial charge < -0.3 is 10.1 Å². The first-order valence-electron chi connectivity index (χ1n) is 6.91. The molecule has 0 amide bonds. The van der Waals surface area contributed by atoms with Crippen LogP contribution in [-0.4, -0.2) is 13.1 Å². The van der Waals surface area contributed by atoms with Crippen molar-refractivity contribution < 1.29 is 13.5 Å². The summed E-state index contributed by atoms with van der Waals surface area (Å²) in [5.74, 6) is -0.506. The number of rotatable bonds is 6. The maximum atomic E-state index is 13.5. The van der Waals surface area contributed by atoms with Crippen LogP contribution in [0.15, 0.2) is 42.5 Å². The highest BCUT2D eigenvalue weighted by Gasteiger charge is 2.05. The highest BCUT2D eigenvalue weighted by atomic mass is 19.1. The van der Waals surface area contributed by atoms with Crippen molar-refractivity contribution in [2.75, 3.05) is 7.05 Å². The van der Waals surface area contributed by atoms with Gasteiger partial charge in [0.25, 0.3) is 0 Å². The Hall–Kier alpha value is -1.94. The lowest BCUT2D eigenvalue weighted by molar-refractivity contribution is 0.299. The Labute approximate surface area is 123 Å². The van der Waals surface area contributed by atoms with Gasteiger partial charge in [0, 0.05) is 17.7 Å². The maximum absolute atomic E-state index is 13.5. The van der Waals surface area contributed by atoms with E-state index in [-0.39, 0.29) is 6.61 Å². The molecule has 21 heavy (non-hydrogen) atoms. The Kier molecular flexibility index (Phi) is 5.28. The molecule has 0 radical (unpaired) electrons. The Morgan fingerprint density at radius 3 is 2.43 bits per heavy atom. The van der Waals surface area contributed by atoms with E-state index in [1.807, 2.05) is 31.3 Å². The summed E-state index contributed by atoms with van der Waals surface area (Å²) in [5, 5.41) is 3.18. The minimum Gasteiger partial charge on any atom is -0.489 e. The smallest absolute Gasteiger partial charge is 0.132 e. The Bertz CT molecular complexity index is 584. The molecule has 0 saturated heterocycles. The van der Waals surface area contributed by atoms with Crippen molar-refractivity contribution in [3.63, 3.8) is 0 Å². The lowest BCUT2D eigenvalue weighted by atomic mass is 10.1. The van der Waals surface area contributed by atoms with E-state index >= 15 is 0 Å². The van der Waals surface area contributed by atoms with Crippen LogP contribution in [0.3, 0.4) is 0 Å². The minimum absolute atomic E-state index is 0.0817. The van der Waals surface area contributed by atoms with Crippen LogP contribution < -0.4 is 10.1 Å². The molecule has 0 aliphatic heterocycles. The molecule has 2 rings (SSSR count). The average molecular weight is 291 g/mol. The predicted molar refractivity (Wildman–Crippen MR) is 79.4 cm³/mol. The van der Waals surface area contributed by atoms with Gasteiger partial charge in [-0.2, -0.15) is 0 Å². The van der Waals surface area contributed by atoms with Crippen molar-refractivity contribution in [2.24, 2.45) is 0 Å². The van der Waals surface area contributed by atoms with Gasteiger partial charge in [0.15, 0.2) is 0 Å². The lowest BCUT2D eigenvalue weighted by Crippen LogP contribution is -2.23. The molecule has 0 aliphatic rings. The molecule has 0 spiro atoms. The normalized spacial score (nSPS) is 12.2. The first-order chi connectivity index (χ1) is 10.1. The van der Waals surface area contributed by atoms with Crippen LogP contribution in [0.25, 0.3) is 0 Å². The second-order valence-corrected chi connectivity index (χ2v) is 5.06. The van der Waals surface area contributed by atoms with Crippen LogP contribution in [0.1, 0.15) is 18.1 Å². The van der Waals surface area contributed by atoms with E-state index < -0.39 is 11.6 Å². The van der Waals surface area contributed by atoms with Gasteiger partial charge in [-0.15, -0.1) is 0 Å². The third-order valence-electron chi connectivity index (χ3n) is 3.37. The molecule has 2 aromatic carbocycles. The van der Waals surface area contributed by atoms with E-state index in [1.54, 1.807) is 0 Å². The van der Waals surface area contributed by atoms with Crippen molar-refractivity contribution in [2.45, 2.75) is 26.0 Å². The third-order valence-corrected chi connectivity index (χ3v) is 3.37. The van der Waals surface area contributed by atoms with Gasteiger partial charge in [-0.1, -0.05) is 12.1 Å². The molecule has 1 unspecified atom stereocenters. The fraction of sp³-hybridized carbons (Fsp3) is 0.294. The zero-order valence-electron chi connectivity index (χ0n) is 12.2. The first-order valence-corrected chi connectivity index (χ1v) is 6.91. The van der Waals surface area contributed by atoms with Gasteiger partial charge in [0.2, 0.25) is 0 Å². The zero-order valence-corrected chi connectivity index (χ0v) is 12.2. The van der Waals surface area contributed by atoms with Crippen LogP contribution in [-0.2, 0) is 13.0 Å². The fourth-order valence-electron chi connectivity index (χ4n) is 1.98. The van der Waals surface area contributed by atoms with E-state index in [1.165, 1.54) is 17.7 Å². The molecule has 0 aliphatic carbocycles. The average Bonchev–Trinajstić information content (AvgIpc) is 2.48. The number of hydrogen-bond donors (Lipinski definition) is 1. The molecule has 4 heteroatoms. The van der Waals surface area contributed by atoms with Crippen molar-refractivity contribution in [1.82, 2.24) is 5.32 Å². The molecule has 0 heterocycles. The molecule has 2 nitrogen and oxygen atoms in total. The summed E-state index contributed by atoms with van der Waals surface area (Å²) in [4.78, 5) is 0. The summed E-state index contributed by atoms with van der Waals surface area (Å²) in [6.45, 7) is 2.19. The van der Waals surface area contributed by atoms with Crippen molar-refractivity contribution in [1.29, 1.82) is 0 Å². The molecule has 0 saturated carbocycles. The Balaban J connectivity index is 1.94. The fourth-order valence-corrected chi connectivity index (χ4v) is 1.98. The summed E-state index contributed by atoms with van der Waals surface area (Å²) in [7, 11) is 1.93. The summed E-state index contributed by atoms with van der Waals surface area (Å²) < 4.78 is 31.8. The van der Waals surface area contributed by atoms with Crippen molar-refractivity contribution >= 4 is 0 Å². The third kappa shape index (κ3) is 4.53. The Morgan fingerprint density at radius 1 is 1.10 bits per heavy atom. The van der Waals surface area contributed by atoms with E-state index in [0.29, 0.717) is 17.4 Å².